The molecule has 3 aromatic carbocycles. The number of nitrogens with one attached hydrogen (secondary N) is 2. The van der Waals surface area contributed by atoms with Crippen LogP contribution in [0.2, 0.25) is 15.5 Å². The molecule has 0 aliphatic rings. The third-order valence-corrected chi connectivity index (χ3v) is 13.9. The Hall–Kier alpha value is -8.20. The average molecular weight is 1210 g/mol. The summed E-state index contributed by atoms with van der Waals surface area (Å²) in [6.07, 6.45) is 5.75. The summed E-state index contributed by atoms with van der Waals surface area (Å²) < 4.78 is 27.3. The Morgan fingerprint density at radius 2 is 1.00 bits per heavy atom. The number of anilines is 5. The number of methoxy groups -OCH3 is 3. The predicted molar refractivity (Wildman–Crippen MR) is 319 cm³/mol. The van der Waals surface area contributed by atoms with Crippen LogP contribution in [0.15, 0.2) is 158 Å². The lowest BCUT2D eigenvalue weighted by Crippen LogP contribution is -2.29. The molecule has 10 N–H and O–H groups in total. The van der Waals surface area contributed by atoms with E-state index in [2.05, 4.69) is 80.1 Å². The number of rotatable bonds is 19. The molecule has 10 aromatic rings. The Labute approximate surface area is 492 Å². The number of ether oxygens (including phenoxy) is 3. The number of fused-ring (bicyclic) bond motifs is 1. The van der Waals surface area contributed by atoms with E-state index < -0.39 is 5.91 Å². The lowest BCUT2D eigenvalue weighted by atomic mass is 10.2. The quantitative estimate of drug-likeness (QED) is 0.0249. The fourth-order valence-electron chi connectivity index (χ4n) is 6.74. The number of hydrazine groups is 1. The van der Waals surface area contributed by atoms with Crippen molar-refractivity contribution in [3.63, 3.8) is 0 Å². The van der Waals surface area contributed by atoms with Crippen molar-refractivity contribution in [2.75, 3.05) is 66.9 Å². The van der Waals surface area contributed by atoms with Gasteiger partial charge in [-0.1, -0.05) is 71.2 Å². The van der Waals surface area contributed by atoms with Gasteiger partial charge in [-0.15, -0.1) is 40.4 Å². The molecule has 0 unspecified atom stereocenters. The molecule has 0 radical (unpaired) electrons. The van der Waals surface area contributed by atoms with Gasteiger partial charge in [0.05, 0.1) is 33.9 Å². The topological polar surface area (TPSA) is 320 Å². The van der Waals surface area contributed by atoms with Gasteiger partial charge in [-0.3, -0.25) is 15.6 Å². The van der Waals surface area contributed by atoms with Crippen LogP contribution in [0, 0.1) is 0 Å². The number of nitrogen functional groups attached to an aromatic ring is 4. The molecule has 0 fully saturated rings. The predicted octanol–water partition coefficient (Wildman–Crippen LogP) is 10.5. The van der Waals surface area contributed by atoms with Crippen molar-refractivity contribution in [3.8, 4) is 28.8 Å². The second-order valence-corrected chi connectivity index (χ2v) is 20.7. The first-order valence-corrected chi connectivity index (χ1v) is 28.2. The summed E-state index contributed by atoms with van der Waals surface area (Å²) in [5.41, 5.74) is 32.1. The van der Waals surface area contributed by atoms with Crippen LogP contribution in [0.4, 0.5) is 29.6 Å². The molecule has 10 rings (SSSR count). The molecule has 28 heteroatoms. The van der Waals surface area contributed by atoms with Gasteiger partial charge in [-0.2, -0.15) is 9.50 Å². The number of thioether (sulfide) groups is 3. The zero-order valence-corrected chi connectivity index (χ0v) is 48.3. The van der Waals surface area contributed by atoms with E-state index in [9.17, 15) is 4.79 Å². The second kappa shape index (κ2) is 31.0. The van der Waals surface area contributed by atoms with Crippen LogP contribution < -0.4 is 48.0 Å². The monoisotopic (exact) mass is 1210 g/mol. The van der Waals surface area contributed by atoms with E-state index >= 15 is 0 Å². The van der Waals surface area contributed by atoms with Crippen molar-refractivity contribution >= 4 is 111 Å². The number of nitrogens with zero attached hydrogens (tertiary/aromatic N) is 10. The molecule has 0 atom stereocenters. The molecule has 0 aliphatic heterocycles. The molecule has 81 heavy (non-hydrogen) atoms. The summed E-state index contributed by atoms with van der Waals surface area (Å²) in [5.74, 6) is 7.17. The fourth-order valence-corrected chi connectivity index (χ4v) is 10.1. The minimum atomic E-state index is -0.411. The number of benzene rings is 3. The van der Waals surface area contributed by atoms with Crippen molar-refractivity contribution < 1.29 is 27.8 Å². The maximum atomic E-state index is 11.9. The molecular weight excluding hydrogens is 1160 g/mol. The largest absolute Gasteiger partial charge is 0.497 e. The summed E-state index contributed by atoms with van der Waals surface area (Å²) >= 11 is 21.5. The summed E-state index contributed by atoms with van der Waals surface area (Å²) in [4.78, 5) is 44.1. The highest BCUT2D eigenvalue weighted by atomic mass is 35.5. The molecule has 7 heterocycles. The number of carbonyl (C=O) groups is 1. The molecule has 0 saturated carbocycles. The van der Waals surface area contributed by atoms with Gasteiger partial charge >= 0.3 is 5.91 Å². The number of furan rings is 2. The summed E-state index contributed by atoms with van der Waals surface area (Å²) in [5, 5.41) is 7.56. The molecule has 0 aliphatic carbocycles. The lowest BCUT2D eigenvalue weighted by molar-refractivity contribution is 0.0935. The number of carbonyl (C=O) groups excluding carboxylic acids is 1. The van der Waals surface area contributed by atoms with Crippen molar-refractivity contribution in [2.45, 2.75) is 34.3 Å². The molecular formula is C53H53Cl3N16O6S3. The molecule has 0 saturated heterocycles. The molecule has 22 nitrogen and oxygen atoms in total. The highest BCUT2D eigenvalue weighted by Gasteiger charge is 2.14. The summed E-state index contributed by atoms with van der Waals surface area (Å²) in [6, 6.07) is 37.6. The van der Waals surface area contributed by atoms with Crippen LogP contribution in [-0.2, 0) is 19.3 Å². The van der Waals surface area contributed by atoms with Gasteiger partial charge in [-0.05, 0) is 96.6 Å². The van der Waals surface area contributed by atoms with Crippen molar-refractivity contribution in [1.29, 1.82) is 0 Å². The minimum absolute atomic E-state index is 0.0903. The number of hydrogen-bond acceptors (Lipinski definition) is 23. The SMILES string of the molecule is COc1ccc(CCSc2cc(Cl)nc(N)n2)cc1.COc1ccc(CCSc2cc(NNC(=O)c3ccco3)nc(N)n2)cc1.COc1ccc(CCSc2cc3nc(-c4ccco4)nn3c(N)n2)cc1.Nc1nc(Cl)cc(Cl)n1. The molecule has 1 amide bonds. The first kappa shape index (κ1) is 60.4. The highest BCUT2D eigenvalue weighted by molar-refractivity contribution is 7.99. The van der Waals surface area contributed by atoms with Crippen LogP contribution in [0.3, 0.4) is 0 Å². The van der Waals surface area contributed by atoms with Gasteiger partial charge in [-0.25, -0.2) is 34.9 Å². The standard InChI is InChI=1S/C18H19N5O3S.C18H17N5O2S.C13H14ClN3OS.C4H3Cl2N3/c1-25-13-6-4-12(5-7-13)8-10-27-16-11-15(20-18(19)21-16)22-23-17(24)14-3-2-9-26-14;1-24-13-6-4-12(5-7-13)8-10-26-16-11-15-20-17(14-3-2-9-25-14)22-23(15)18(19)21-16;1-18-10-4-2-9(3-5-10)6-7-19-12-8-11(14)16-13(15)17-12;5-2-1-3(6)9-4(7)8-2/h2-7,9,11H,8,10H2,1H3,(H,23,24)(H3,19,20,21,22);2-7,9,11H,8,10H2,1H3,(H2,19,21);2-5,8H,6-7H2,1H3,(H2,15,16,17);1H,(H2,7,8,9). The van der Waals surface area contributed by atoms with Gasteiger partial charge in [0.15, 0.2) is 23.0 Å². The second-order valence-electron chi connectivity index (χ2n) is 16.2. The number of aryl methyl sites for hydroxylation is 3. The van der Waals surface area contributed by atoms with Crippen LogP contribution in [0.1, 0.15) is 27.2 Å². The van der Waals surface area contributed by atoms with E-state index in [4.69, 9.17) is 80.8 Å². The molecule has 0 bridgehead atoms. The van der Waals surface area contributed by atoms with Crippen LogP contribution in [-0.4, -0.2) is 94.0 Å². The van der Waals surface area contributed by atoms with E-state index in [1.165, 1.54) is 33.5 Å². The first-order chi connectivity index (χ1) is 39.2. The van der Waals surface area contributed by atoms with Crippen LogP contribution in [0.25, 0.3) is 17.2 Å². The Morgan fingerprint density at radius 1 is 0.543 bits per heavy atom. The molecule has 420 valence electrons. The van der Waals surface area contributed by atoms with E-state index in [0.717, 1.165) is 63.8 Å². The van der Waals surface area contributed by atoms with Crippen molar-refractivity contribution in [1.82, 2.24) is 54.9 Å². The number of aromatic nitrogens is 10. The third-order valence-electron chi connectivity index (χ3n) is 10.6. The van der Waals surface area contributed by atoms with E-state index in [-0.39, 0.29) is 33.9 Å². The molecule has 7 aromatic heterocycles. The maximum absolute atomic E-state index is 11.9. The highest BCUT2D eigenvalue weighted by Crippen LogP contribution is 2.26. The van der Waals surface area contributed by atoms with Gasteiger partial charge in [0, 0.05) is 41.5 Å². The van der Waals surface area contributed by atoms with E-state index in [0.29, 0.717) is 39.2 Å². The van der Waals surface area contributed by atoms with Crippen molar-refractivity contribution in [3.05, 3.63) is 172 Å². The summed E-state index contributed by atoms with van der Waals surface area (Å²) in [6.45, 7) is 0. The number of halogens is 3. The zero-order chi connectivity index (χ0) is 57.5. The van der Waals surface area contributed by atoms with Crippen LogP contribution in [0.5, 0.6) is 17.2 Å². The Kier molecular flexibility index (Phi) is 23.1. The van der Waals surface area contributed by atoms with Gasteiger partial charge in [0.2, 0.25) is 29.6 Å². The number of amides is 1. The fraction of sp³-hybridized carbons (Fsp3) is 0.170. The minimum Gasteiger partial charge on any atom is -0.497 e. The zero-order valence-electron chi connectivity index (χ0n) is 43.5. The Bertz CT molecular complexity index is 3490. The van der Waals surface area contributed by atoms with Gasteiger partial charge in [0.25, 0.3) is 0 Å². The van der Waals surface area contributed by atoms with Gasteiger partial charge < -0.3 is 46.0 Å². The van der Waals surface area contributed by atoms with Gasteiger partial charge in [0.1, 0.15) is 47.8 Å². The van der Waals surface area contributed by atoms with Crippen molar-refractivity contribution in [2.24, 2.45) is 0 Å². The normalized spacial score (nSPS) is 10.5. The lowest BCUT2D eigenvalue weighted by Gasteiger charge is -2.09. The Balaban J connectivity index is 0.000000164. The number of hydrogen-bond donors (Lipinski definition) is 6. The van der Waals surface area contributed by atoms with E-state index in [1.54, 1.807) is 93.2 Å². The number of nitrogens with two attached hydrogens (primary N) is 4. The Morgan fingerprint density at radius 3 is 1.46 bits per heavy atom. The molecule has 0 spiro atoms. The first-order valence-electron chi connectivity index (χ1n) is 24.1. The average Bonchev–Trinajstić information content (AvgIpc) is 4.32. The maximum Gasteiger partial charge on any atom is 0.305 e. The van der Waals surface area contributed by atoms with E-state index in [1.807, 2.05) is 60.7 Å². The van der Waals surface area contributed by atoms with Crippen LogP contribution >= 0.6 is 70.1 Å². The third kappa shape index (κ3) is 19.8. The summed E-state index contributed by atoms with van der Waals surface area (Å²) in [7, 11) is 4.97. The smallest absolute Gasteiger partial charge is 0.305 e.